The predicted molar refractivity (Wildman–Crippen MR) is 78.1 cm³/mol. The van der Waals surface area contributed by atoms with Crippen LogP contribution in [0.25, 0.3) is 0 Å². The Morgan fingerprint density at radius 1 is 1.29 bits per heavy atom. The van der Waals surface area contributed by atoms with Crippen LogP contribution in [0.5, 0.6) is 0 Å². The molecule has 0 bridgehead atoms. The third kappa shape index (κ3) is 5.02. The van der Waals surface area contributed by atoms with E-state index in [0.29, 0.717) is 24.3 Å². The van der Waals surface area contributed by atoms with Crippen molar-refractivity contribution in [2.24, 2.45) is 5.92 Å². The van der Waals surface area contributed by atoms with Gasteiger partial charge in [-0.1, -0.05) is 26.7 Å². The Balaban J connectivity index is 2.05. The van der Waals surface area contributed by atoms with E-state index in [-0.39, 0.29) is 6.54 Å². The maximum atomic E-state index is 12.6. The Morgan fingerprint density at radius 2 is 2.10 bits per heavy atom. The molecule has 2 rings (SSSR count). The third-order valence-corrected chi connectivity index (χ3v) is 4.09. The summed E-state index contributed by atoms with van der Waals surface area (Å²) in [5.41, 5.74) is 0. The maximum absolute atomic E-state index is 12.6. The molecule has 120 valence electrons. The van der Waals surface area contributed by atoms with E-state index in [4.69, 9.17) is 0 Å². The molecule has 1 aromatic heterocycles. The van der Waals surface area contributed by atoms with Crippen LogP contribution in [0.2, 0.25) is 0 Å². The van der Waals surface area contributed by atoms with Gasteiger partial charge in [-0.3, -0.25) is 4.90 Å². The molecule has 0 amide bonds. The first-order valence-corrected chi connectivity index (χ1v) is 7.95. The lowest BCUT2D eigenvalue weighted by molar-refractivity contribution is 0.115. The van der Waals surface area contributed by atoms with Gasteiger partial charge in [0.2, 0.25) is 0 Å². The molecule has 1 aliphatic heterocycles. The van der Waals surface area contributed by atoms with Crippen molar-refractivity contribution in [1.82, 2.24) is 19.7 Å². The summed E-state index contributed by atoms with van der Waals surface area (Å²) in [5, 5.41) is 3.93. The van der Waals surface area contributed by atoms with Crippen molar-refractivity contribution in [3.05, 3.63) is 12.2 Å². The fourth-order valence-corrected chi connectivity index (χ4v) is 3.13. The van der Waals surface area contributed by atoms with Gasteiger partial charge < -0.3 is 0 Å². The van der Waals surface area contributed by atoms with E-state index in [2.05, 4.69) is 28.8 Å². The molecule has 1 aliphatic rings. The minimum absolute atomic E-state index is 0.363. The molecule has 0 saturated carbocycles. The molecular formula is C15H26F2N4. The highest BCUT2D eigenvalue weighted by Gasteiger charge is 2.23. The zero-order chi connectivity index (χ0) is 15.2. The molecular weight excluding hydrogens is 274 g/mol. The molecule has 21 heavy (non-hydrogen) atoms. The highest BCUT2D eigenvalue weighted by atomic mass is 19.3. The molecule has 0 N–H and O–H groups in total. The summed E-state index contributed by atoms with van der Waals surface area (Å²) in [6, 6.07) is 0.532. The minimum atomic E-state index is -2.39. The Bertz CT molecular complexity index is 420. The normalized spacial score (nSPS) is 21.1. The van der Waals surface area contributed by atoms with Gasteiger partial charge in [-0.2, -0.15) is 5.10 Å². The SMILES string of the molecule is CC(C)C[C@@H]1CCCCCN1Cc1ncnn1CC(F)F. The van der Waals surface area contributed by atoms with E-state index < -0.39 is 6.43 Å². The number of alkyl halides is 2. The molecule has 2 heterocycles. The zero-order valence-corrected chi connectivity index (χ0v) is 13.0. The predicted octanol–water partition coefficient (Wildman–Crippen LogP) is 3.33. The lowest BCUT2D eigenvalue weighted by Gasteiger charge is -2.30. The molecule has 4 nitrogen and oxygen atoms in total. The molecule has 0 aromatic carbocycles. The number of hydrogen-bond donors (Lipinski definition) is 0. The number of nitrogens with zero attached hydrogens (tertiary/aromatic N) is 4. The van der Waals surface area contributed by atoms with Gasteiger partial charge in [0.1, 0.15) is 18.7 Å². The first-order valence-electron chi connectivity index (χ1n) is 7.95. The van der Waals surface area contributed by atoms with E-state index in [1.807, 2.05) is 0 Å². The monoisotopic (exact) mass is 300 g/mol. The van der Waals surface area contributed by atoms with Gasteiger partial charge in [-0.25, -0.2) is 18.4 Å². The van der Waals surface area contributed by atoms with Crippen molar-refractivity contribution in [1.29, 1.82) is 0 Å². The number of likely N-dealkylation sites (tertiary alicyclic amines) is 1. The fraction of sp³-hybridized carbons (Fsp3) is 0.867. The van der Waals surface area contributed by atoms with Gasteiger partial charge in [0, 0.05) is 6.04 Å². The van der Waals surface area contributed by atoms with Crippen LogP contribution in [0.4, 0.5) is 8.78 Å². The van der Waals surface area contributed by atoms with Crippen LogP contribution < -0.4 is 0 Å². The quantitative estimate of drug-likeness (QED) is 0.808. The van der Waals surface area contributed by atoms with Crippen LogP contribution in [0.1, 0.15) is 51.8 Å². The molecule has 1 atom stereocenters. The van der Waals surface area contributed by atoms with Crippen molar-refractivity contribution >= 4 is 0 Å². The highest BCUT2D eigenvalue weighted by molar-refractivity contribution is 4.88. The average molecular weight is 300 g/mol. The minimum Gasteiger partial charge on any atom is -0.293 e. The van der Waals surface area contributed by atoms with Crippen LogP contribution in [0.3, 0.4) is 0 Å². The molecule has 6 heteroatoms. The number of halogens is 2. The molecule has 0 spiro atoms. The maximum Gasteiger partial charge on any atom is 0.257 e. The lowest BCUT2D eigenvalue weighted by atomic mass is 9.99. The van der Waals surface area contributed by atoms with Crippen LogP contribution in [0, 0.1) is 5.92 Å². The fourth-order valence-electron chi connectivity index (χ4n) is 3.13. The van der Waals surface area contributed by atoms with E-state index in [9.17, 15) is 8.78 Å². The van der Waals surface area contributed by atoms with Crippen molar-refractivity contribution in [2.75, 3.05) is 6.54 Å². The van der Waals surface area contributed by atoms with E-state index in [1.165, 1.54) is 36.7 Å². The smallest absolute Gasteiger partial charge is 0.257 e. The summed E-state index contributed by atoms with van der Waals surface area (Å²) < 4.78 is 26.5. The summed E-state index contributed by atoms with van der Waals surface area (Å²) in [4.78, 5) is 6.60. The summed E-state index contributed by atoms with van der Waals surface area (Å²) in [7, 11) is 0. The largest absolute Gasteiger partial charge is 0.293 e. The van der Waals surface area contributed by atoms with Crippen molar-refractivity contribution in [3.8, 4) is 0 Å². The number of rotatable bonds is 6. The Morgan fingerprint density at radius 3 is 2.81 bits per heavy atom. The average Bonchev–Trinajstić information content (AvgIpc) is 2.69. The highest BCUT2D eigenvalue weighted by Crippen LogP contribution is 2.23. The van der Waals surface area contributed by atoms with Gasteiger partial charge >= 0.3 is 0 Å². The van der Waals surface area contributed by atoms with Gasteiger partial charge in [-0.05, 0) is 31.7 Å². The summed E-state index contributed by atoms with van der Waals surface area (Å²) in [6.45, 7) is 5.77. The van der Waals surface area contributed by atoms with E-state index >= 15 is 0 Å². The van der Waals surface area contributed by atoms with Crippen LogP contribution in [0.15, 0.2) is 6.33 Å². The second-order valence-electron chi connectivity index (χ2n) is 6.35. The summed E-state index contributed by atoms with van der Waals surface area (Å²) in [6.07, 6.45) is 5.04. The third-order valence-electron chi connectivity index (χ3n) is 4.09. The van der Waals surface area contributed by atoms with E-state index in [0.717, 1.165) is 13.0 Å². The van der Waals surface area contributed by atoms with Crippen LogP contribution >= 0.6 is 0 Å². The standard InChI is InChI=1S/C15H26F2N4/c1-12(2)8-13-6-4-3-5-7-20(13)10-15-18-11-19-21(15)9-14(16)17/h11-14H,3-10H2,1-2H3/t13-/m0/s1. The van der Waals surface area contributed by atoms with Crippen molar-refractivity contribution < 1.29 is 8.78 Å². The molecule has 1 saturated heterocycles. The Hall–Kier alpha value is -1.04. The molecule has 1 aromatic rings. The topological polar surface area (TPSA) is 34.0 Å². The number of hydrogen-bond acceptors (Lipinski definition) is 3. The molecule has 1 fully saturated rings. The first kappa shape index (κ1) is 16.3. The lowest BCUT2D eigenvalue weighted by Crippen LogP contribution is -2.36. The van der Waals surface area contributed by atoms with Crippen LogP contribution in [-0.2, 0) is 13.1 Å². The van der Waals surface area contributed by atoms with Crippen molar-refractivity contribution in [3.63, 3.8) is 0 Å². The molecule has 0 unspecified atom stereocenters. The summed E-state index contributed by atoms with van der Waals surface area (Å²) >= 11 is 0. The van der Waals surface area contributed by atoms with Gasteiger partial charge in [0.25, 0.3) is 6.43 Å². The molecule has 0 aliphatic carbocycles. The van der Waals surface area contributed by atoms with Gasteiger partial charge in [0.15, 0.2) is 0 Å². The van der Waals surface area contributed by atoms with Gasteiger partial charge in [-0.15, -0.1) is 0 Å². The summed E-state index contributed by atoms with van der Waals surface area (Å²) in [5.74, 6) is 1.31. The Kier molecular flexibility index (Phi) is 6.08. The van der Waals surface area contributed by atoms with Crippen LogP contribution in [-0.4, -0.2) is 38.7 Å². The molecule has 0 radical (unpaired) electrons. The first-order chi connectivity index (χ1) is 10.1. The van der Waals surface area contributed by atoms with Gasteiger partial charge in [0.05, 0.1) is 6.54 Å². The van der Waals surface area contributed by atoms with Crippen molar-refractivity contribution in [2.45, 2.75) is 71.5 Å². The number of aromatic nitrogens is 3. The van der Waals surface area contributed by atoms with E-state index in [1.54, 1.807) is 0 Å². The zero-order valence-electron chi connectivity index (χ0n) is 13.0. The second kappa shape index (κ2) is 7.82. The Labute approximate surface area is 125 Å². The second-order valence-corrected chi connectivity index (χ2v) is 6.35.